The van der Waals surface area contributed by atoms with Gasteiger partial charge in [0.1, 0.15) is 0 Å². The molecule has 1 aliphatic heterocycles. The van der Waals surface area contributed by atoms with Gasteiger partial charge in [0.15, 0.2) is 0 Å². The minimum absolute atomic E-state index is 0. The third-order valence-corrected chi connectivity index (χ3v) is 3.97. The number of hydrogen-bond acceptors (Lipinski definition) is 2. The summed E-state index contributed by atoms with van der Waals surface area (Å²) < 4.78 is 1.20. The van der Waals surface area contributed by atoms with Crippen molar-refractivity contribution in [2.24, 2.45) is 0 Å². The molecule has 0 saturated carbocycles. The Bertz CT molecular complexity index is 370. The van der Waals surface area contributed by atoms with E-state index in [0.717, 1.165) is 26.2 Å². The zero-order valence-electron chi connectivity index (χ0n) is 10.4. The molecule has 0 aliphatic carbocycles. The Morgan fingerprint density at radius 2 is 2.24 bits per heavy atom. The second-order valence-corrected chi connectivity index (χ2v) is 5.53. The zero-order chi connectivity index (χ0) is 11.5. The average Bonchev–Trinajstić information content (AvgIpc) is 2.24. The van der Waals surface area contributed by atoms with E-state index >= 15 is 0 Å². The third kappa shape index (κ3) is 4.25. The van der Waals surface area contributed by atoms with Crippen molar-refractivity contribution in [3.05, 3.63) is 33.8 Å². The Morgan fingerprint density at radius 3 is 2.88 bits per heavy atom. The number of nitrogens with zero attached hydrogens (tertiary/aromatic N) is 1. The predicted molar refractivity (Wildman–Crippen MR) is 78.9 cm³/mol. The van der Waals surface area contributed by atoms with Crippen LogP contribution in [-0.4, -0.2) is 30.6 Å². The number of rotatable bonds is 2. The molecule has 1 saturated heterocycles. The second-order valence-electron chi connectivity index (χ2n) is 4.67. The molecular formula is C13H20BrClN2. The minimum atomic E-state index is 0. The molecular weight excluding hydrogens is 300 g/mol. The van der Waals surface area contributed by atoms with Gasteiger partial charge in [-0.3, -0.25) is 4.90 Å². The van der Waals surface area contributed by atoms with Crippen molar-refractivity contribution in [2.75, 3.05) is 19.6 Å². The summed E-state index contributed by atoms with van der Waals surface area (Å²) >= 11 is 3.54. The third-order valence-electron chi connectivity index (χ3n) is 3.08. The lowest BCUT2D eigenvalue weighted by molar-refractivity contribution is 0.199. The van der Waals surface area contributed by atoms with Gasteiger partial charge in [-0.2, -0.15) is 0 Å². The fourth-order valence-corrected chi connectivity index (χ4v) is 2.47. The quantitative estimate of drug-likeness (QED) is 0.901. The van der Waals surface area contributed by atoms with E-state index in [1.54, 1.807) is 0 Å². The molecule has 96 valence electrons. The molecule has 2 nitrogen and oxygen atoms in total. The van der Waals surface area contributed by atoms with Crippen molar-refractivity contribution < 1.29 is 0 Å². The molecule has 1 atom stereocenters. The van der Waals surface area contributed by atoms with Crippen LogP contribution in [0.25, 0.3) is 0 Å². The summed E-state index contributed by atoms with van der Waals surface area (Å²) in [5.41, 5.74) is 2.73. The van der Waals surface area contributed by atoms with E-state index < -0.39 is 0 Å². The van der Waals surface area contributed by atoms with Crippen LogP contribution in [0.4, 0.5) is 0 Å². The highest BCUT2D eigenvalue weighted by Crippen LogP contribution is 2.18. The van der Waals surface area contributed by atoms with Crippen LogP contribution in [-0.2, 0) is 6.54 Å². The first-order valence-electron chi connectivity index (χ1n) is 5.86. The van der Waals surface area contributed by atoms with Gasteiger partial charge < -0.3 is 5.32 Å². The summed E-state index contributed by atoms with van der Waals surface area (Å²) in [5.74, 6) is 0. The van der Waals surface area contributed by atoms with Gasteiger partial charge in [-0.05, 0) is 31.0 Å². The van der Waals surface area contributed by atoms with Gasteiger partial charge in [0.05, 0.1) is 0 Å². The fourth-order valence-electron chi connectivity index (χ4n) is 2.22. The first kappa shape index (κ1) is 15.0. The number of piperazine rings is 1. The molecule has 1 aromatic rings. The molecule has 0 aromatic heterocycles. The van der Waals surface area contributed by atoms with Crippen molar-refractivity contribution in [1.29, 1.82) is 0 Å². The lowest BCUT2D eigenvalue weighted by Gasteiger charge is -2.31. The SMILES string of the molecule is Cc1cc(CN2CCN[C@@H](C)C2)ccc1Br.Cl. The van der Waals surface area contributed by atoms with Gasteiger partial charge >= 0.3 is 0 Å². The van der Waals surface area contributed by atoms with Gasteiger partial charge in [-0.25, -0.2) is 0 Å². The van der Waals surface area contributed by atoms with Crippen LogP contribution < -0.4 is 5.32 Å². The largest absolute Gasteiger partial charge is 0.312 e. The smallest absolute Gasteiger partial charge is 0.0235 e. The van der Waals surface area contributed by atoms with Crippen LogP contribution in [0.2, 0.25) is 0 Å². The molecule has 1 N–H and O–H groups in total. The van der Waals surface area contributed by atoms with E-state index in [4.69, 9.17) is 0 Å². The number of benzene rings is 1. The molecule has 0 bridgehead atoms. The van der Waals surface area contributed by atoms with Crippen LogP contribution in [0.5, 0.6) is 0 Å². The summed E-state index contributed by atoms with van der Waals surface area (Å²) in [6, 6.07) is 7.25. The maximum absolute atomic E-state index is 3.54. The van der Waals surface area contributed by atoms with Crippen molar-refractivity contribution >= 4 is 28.3 Å². The molecule has 17 heavy (non-hydrogen) atoms. The maximum Gasteiger partial charge on any atom is 0.0235 e. The Labute approximate surface area is 118 Å². The Balaban J connectivity index is 0.00000144. The summed E-state index contributed by atoms with van der Waals surface area (Å²) in [5, 5.41) is 3.47. The molecule has 1 aromatic carbocycles. The van der Waals surface area contributed by atoms with E-state index in [0.29, 0.717) is 6.04 Å². The van der Waals surface area contributed by atoms with Crippen molar-refractivity contribution in [3.63, 3.8) is 0 Å². The summed E-state index contributed by atoms with van der Waals surface area (Å²) in [6.45, 7) is 8.87. The summed E-state index contributed by atoms with van der Waals surface area (Å²) in [7, 11) is 0. The molecule has 0 spiro atoms. The number of hydrogen-bond donors (Lipinski definition) is 1. The minimum Gasteiger partial charge on any atom is -0.312 e. The topological polar surface area (TPSA) is 15.3 Å². The summed E-state index contributed by atoms with van der Waals surface area (Å²) in [6.07, 6.45) is 0. The molecule has 1 aliphatic rings. The zero-order valence-corrected chi connectivity index (χ0v) is 12.8. The van der Waals surface area contributed by atoms with Crippen molar-refractivity contribution in [2.45, 2.75) is 26.4 Å². The van der Waals surface area contributed by atoms with Crippen LogP contribution in [0.1, 0.15) is 18.1 Å². The van der Waals surface area contributed by atoms with Crippen molar-refractivity contribution in [1.82, 2.24) is 10.2 Å². The van der Waals surface area contributed by atoms with E-state index in [9.17, 15) is 0 Å². The van der Waals surface area contributed by atoms with Crippen LogP contribution in [0.15, 0.2) is 22.7 Å². The monoisotopic (exact) mass is 318 g/mol. The highest BCUT2D eigenvalue weighted by atomic mass is 79.9. The fraction of sp³-hybridized carbons (Fsp3) is 0.538. The van der Waals surface area contributed by atoms with Gasteiger partial charge in [-0.1, -0.05) is 28.1 Å². The molecule has 2 rings (SSSR count). The first-order chi connectivity index (χ1) is 7.65. The number of nitrogens with one attached hydrogen (secondary N) is 1. The maximum atomic E-state index is 3.54. The molecule has 0 radical (unpaired) electrons. The van der Waals surface area contributed by atoms with Gasteiger partial charge in [0, 0.05) is 36.7 Å². The Kier molecular flexibility index (Phi) is 5.93. The molecule has 4 heteroatoms. The lowest BCUT2D eigenvalue weighted by atomic mass is 10.1. The normalized spacial score (nSPS) is 21.0. The van der Waals surface area contributed by atoms with E-state index in [2.05, 4.69) is 58.2 Å². The van der Waals surface area contributed by atoms with Crippen LogP contribution >= 0.6 is 28.3 Å². The van der Waals surface area contributed by atoms with Gasteiger partial charge in [0.2, 0.25) is 0 Å². The Hall–Kier alpha value is -0.0900. The van der Waals surface area contributed by atoms with Crippen LogP contribution in [0.3, 0.4) is 0 Å². The first-order valence-corrected chi connectivity index (χ1v) is 6.65. The predicted octanol–water partition coefficient (Wildman–Crippen LogP) is 2.97. The van der Waals surface area contributed by atoms with E-state index in [1.807, 2.05) is 0 Å². The lowest BCUT2D eigenvalue weighted by Crippen LogP contribution is -2.48. The summed E-state index contributed by atoms with van der Waals surface area (Å²) in [4.78, 5) is 2.52. The average molecular weight is 320 g/mol. The molecule has 0 amide bonds. The standard InChI is InChI=1S/C13H19BrN2.ClH/c1-10-7-12(3-4-13(10)14)9-16-6-5-15-11(2)8-16;/h3-4,7,11,15H,5-6,8-9H2,1-2H3;1H/t11-;/m0./s1. The van der Waals surface area contributed by atoms with Crippen LogP contribution in [0, 0.1) is 6.92 Å². The van der Waals surface area contributed by atoms with E-state index in [1.165, 1.54) is 15.6 Å². The molecule has 1 fully saturated rings. The highest BCUT2D eigenvalue weighted by molar-refractivity contribution is 9.10. The molecule has 1 heterocycles. The van der Waals surface area contributed by atoms with E-state index in [-0.39, 0.29) is 12.4 Å². The van der Waals surface area contributed by atoms with Crippen molar-refractivity contribution in [3.8, 4) is 0 Å². The highest BCUT2D eigenvalue weighted by Gasteiger charge is 2.15. The molecule has 0 unspecified atom stereocenters. The number of halogens is 2. The Morgan fingerprint density at radius 1 is 1.47 bits per heavy atom. The van der Waals surface area contributed by atoms with Gasteiger partial charge in [0.25, 0.3) is 0 Å². The number of aryl methyl sites for hydroxylation is 1. The van der Waals surface area contributed by atoms with Gasteiger partial charge in [-0.15, -0.1) is 12.4 Å². The second kappa shape index (κ2) is 6.74.